The summed E-state index contributed by atoms with van der Waals surface area (Å²) in [6, 6.07) is 16.7. The lowest BCUT2D eigenvalue weighted by molar-refractivity contribution is -0.0212. The minimum Gasteiger partial charge on any atom is -0.376 e. The molecule has 0 radical (unpaired) electrons. The Labute approximate surface area is 155 Å². The monoisotopic (exact) mass is 352 g/mol. The molecule has 5 heteroatoms. The Balaban J connectivity index is 1.56. The van der Waals surface area contributed by atoms with E-state index in [4.69, 9.17) is 10.5 Å². The van der Waals surface area contributed by atoms with E-state index in [1.54, 1.807) is 0 Å². The summed E-state index contributed by atoms with van der Waals surface area (Å²) >= 11 is 0. The molecule has 0 saturated carbocycles. The van der Waals surface area contributed by atoms with Crippen LogP contribution in [-0.2, 0) is 17.8 Å². The first-order chi connectivity index (χ1) is 12.6. The van der Waals surface area contributed by atoms with Crippen molar-refractivity contribution in [2.24, 2.45) is 10.7 Å². The van der Waals surface area contributed by atoms with Gasteiger partial charge in [-0.1, -0.05) is 42.0 Å². The quantitative estimate of drug-likeness (QED) is 0.641. The van der Waals surface area contributed by atoms with Crippen LogP contribution in [-0.4, -0.2) is 36.7 Å². The third-order valence-corrected chi connectivity index (χ3v) is 4.48. The number of anilines is 1. The van der Waals surface area contributed by atoms with E-state index < -0.39 is 0 Å². The highest BCUT2D eigenvalue weighted by Gasteiger charge is 2.16. The van der Waals surface area contributed by atoms with Crippen molar-refractivity contribution in [2.45, 2.75) is 33.0 Å². The van der Waals surface area contributed by atoms with Gasteiger partial charge in [0.05, 0.1) is 19.3 Å². The van der Waals surface area contributed by atoms with Gasteiger partial charge in [-0.05, 0) is 37.1 Å². The van der Waals surface area contributed by atoms with E-state index in [0.29, 0.717) is 18.6 Å². The molecule has 1 heterocycles. The van der Waals surface area contributed by atoms with E-state index in [9.17, 15) is 0 Å². The zero-order valence-electron chi connectivity index (χ0n) is 15.6. The Morgan fingerprint density at radius 3 is 2.77 bits per heavy atom. The highest BCUT2D eigenvalue weighted by atomic mass is 16.5. The van der Waals surface area contributed by atoms with Gasteiger partial charge in [-0.3, -0.25) is 4.90 Å². The average Bonchev–Trinajstić information content (AvgIpc) is 2.62. The molecule has 0 amide bonds. The fourth-order valence-electron chi connectivity index (χ4n) is 3.12. The Morgan fingerprint density at radius 1 is 1.23 bits per heavy atom. The smallest absolute Gasteiger partial charge is 0.193 e. The van der Waals surface area contributed by atoms with Gasteiger partial charge in [-0.15, -0.1) is 0 Å². The number of nitrogens with one attached hydrogen (secondary N) is 1. The Morgan fingerprint density at radius 2 is 2.00 bits per heavy atom. The van der Waals surface area contributed by atoms with Gasteiger partial charge in [0.1, 0.15) is 0 Å². The molecule has 26 heavy (non-hydrogen) atoms. The van der Waals surface area contributed by atoms with Crippen LogP contribution in [0.4, 0.5) is 5.69 Å². The van der Waals surface area contributed by atoms with Crippen LogP contribution in [0.3, 0.4) is 0 Å². The normalized spacial score (nSPS) is 18.7. The van der Waals surface area contributed by atoms with Crippen molar-refractivity contribution < 1.29 is 4.74 Å². The van der Waals surface area contributed by atoms with Gasteiger partial charge < -0.3 is 15.8 Å². The number of ether oxygens (including phenoxy) is 1. The molecule has 138 valence electrons. The van der Waals surface area contributed by atoms with Gasteiger partial charge in [0.25, 0.3) is 0 Å². The van der Waals surface area contributed by atoms with Crippen LogP contribution in [0.2, 0.25) is 0 Å². The number of hydrogen-bond donors (Lipinski definition) is 2. The summed E-state index contributed by atoms with van der Waals surface area (Å²) in [6.45, 7) is 8.48. The maximum Gasteiger partial charge on any atom is 0.193 e. The van der Waals surface area contributed by atoms with Gasteiger partial charge in [0, 0.05) is 25.3 Å². The number of guanidine groups is 1. The number of rotatable bonds is 5. The number of nitrogens with two attached hydrogens (primary N) is 1. The molecule has 1 atom stereocenters. The maximum atomic E-state index is 6.01. The molecule has 1 aliphatic heterocycles. The first kappa shape index (κ1) is 18.4. The Kier molecular flexibility index (Phi) is 6.26. The molecule has 1 saturated heterocycles. The zero-order chi connectivity index (χ0) is 18.4. The fraction of sp³-hybridized carbons (Fsp3) is 0.381. The fourth-order valence-corrected chi connectivity index (χ4v) is 3.12. The average molecular weight is 352 g/mol. The summed E-state index contributed by atoms with van der Waals surface area (Å²) in [4.78, 5) is 6.90. The van der Waals surface area contributed by atoms with Crippen molar-refractivity contribution in [1.29, 1.82) is 0 Å². The number of morpholine rings is 1. The number of nitrogens with zero attached hydrogens (tertiary/aromatic N) is 2. The summed E-state index contributed by atoms with van der Waals surface area (Å²) in [7, 11) is 0. The zero-order valence-corrected chi connectivity index (χ0v) is 15.6. The molecule has 1 fully saturated rings. The van der Waals surface area contributed by atoms with E-state index in [1.165, 1.54) is 11.1 Å². The first-order valence-corrected chi connectivity index (χ1v) is 9.14. The molecule has 3 rings (SSSR count). The van der Waals surface area contributed by atoms with Crippen LogP contribution in [0.1, 0.15) is 23.6 Å². The number of hydrogen-bond acceptors (Lipinski definition) is 3. The van der Waals surface area contributed by atoms with E-state index in [2.05, 4.69) is 53.3 Å². The van der Waals surface area contributed by atoms with Crippen molar-refractivity contribution in [3.05, 3.63) is 65.2 Å². The van der Waals surface area contributed by atoms with E-state index in [-0.39, 0.29) is 0 Å². The summed E-state index contributed by atoms with van der Waals surface area (Å²) in [5.74, 6) is 0.432. The van der Waals surface area contributed by atoms with Gasteiger partial charge in [-0.2, -0.15) is 0 Å². The highest BCUT2D eigenvalue weighted by molar-refractivity contribution is 5.92. The molecular formula is C21H28N4O. The lowest BCUT2D eigenvalue weighted by atomic mass is 10.1. The molecule has 3 N–H and O–H groups in total. The number of benzene rings is 2. The van der Waals surface area contributed by atoms with Crippen LogP contribution in [0.25, 0.3) is 0 Å². The molecule has 1 unspecified atom stereocenters. The van der Waals surface area contributed by atoms with Crippen LogP contribution >= 0.6 is 0 Å². The molecule has 0 aliphatic carbocycles. The summed E-state index contributed by atoms with van der Waals surface area (Å²) in [6.07, 6.45) is 0.309. The second-order valence-electron chi connectivity index (χ2n) is 6.93. The predicted octanol–water partition coefficient (Wildman–Crippen LogP) is 3.14. The van der Waals surface area contributed by atoms with E-state index in [1.807, 2.05) is 24.3 Å². The van der Waals surface area contributed by atoms with Crippen molar-refractivity contribution in [3.8, 4) is 0 Å². The molecule has 1 aliphatic rings. The standard InChI is InChI=1S/C21H28N4O/c1-16-6-8-20(9-7-16)24-21(22)23-13-18-4-3-5-19(12-18)15-25-10-11-26-17(2)14-25/h3-9,12,17H,10-11,13-15H2,1-2H3,(H3,22,23,24). The van der Waals surface area contributed by atoms with Crippen molar-refractivity contribution in [1.82, 2.24) is 4.90 Å². The van der Waals surface area contributed by atoms with Crippen molar-refractivity contribution >= 4 is 11.6 Å². The van der Waals surface area contributed by atoms with E-state index >= 15 is 0 Å². The predicted molar refractivity (Wildman–Crippen MR) is 107 cm³/mol. The van der Waals surface area contributed by atoms with Crippen molar-refractivity contribution in [3.63, 3.8) is 0 Å². The molecule has 2 aromatic rings. The SMILES string of the molecule is Cc1ccc(NC(N)=NCc2cccc(CN3CCOC(C)C3)c2)cc1. The molecule has 2 aromatic carbocycles. The Hall–Kier alpha value is -2.37. The lowest BCUT2D eigenvalue weighted by Crippen LogP contribution is -2.40. The second kappa shape index (κ2) is 8.83. The minimum absolute atomic E-state index is 0.309. The maximum absolute atomic E-state index is 6.01. The van der Waals surface area contributed by atoms with E-state index in [0.717, 1.165) is 37.5 Å². The van der Waals surface area contributed by atoms with Crippen LogP contribution in [0.15, 0.2) is 53.5 Å². The van der Waals surface area contributed by atoms with Gasteiger partial charge >= 0.3 is 0 Å². The lowest BCUT2D eigenvalue weighted by Gasteiger charge is -2.31. The van der Waals surface area contributed by atoms with Crippen LogP contribution in [0, 0.1) is 6.92 Å². The third-order valence-electron chi connectivity index (χ3n) is 4.48. The second-order valence-corrected chi connectivity index (χ2v) is 6.93. The molecule has 0 bridgehead atoms. The minimum atomic E-state index is 0.309. The molecule has 5 nitrogen and oxygen atoms in total. The largest absolute Gasteiger partial charge is 0.376 e. The number of aliphatic imine (C=N–C) groups is 1. The molecule has 0 spiro atoms. The topological polar surface area (TPSA) is 62.9 Å². The summed E-state index contributed by atoms with van der Waals surface area (Å²) < 4.78 is 5.61. The number of aryl methyl sites for hydroxylation is 1. The highest BCUT2D eigenvalue weighted by Crippen LogP contribution is 2.13. The first-order valence-electron chi connectivity index (χ1n) is 9.14. The summed E-state index contributed by atoms with van der Waals surface area (Å²) in [5, 5.41) is 3.13. The van der Waals surface area contributed by atoms with Gasteiger partial charge in [0.2, 0.25) is 0 Å². The van der Waals surface area contributed by atoms with Gasteiger partial charge in [-0.25, -0.2) is 4.99 Å². The molecule has 0 aromatic heterocycles. The van der Waals surface area contributed by atoms with Crippen LogP contribution in [0.5, 0.6) is 0 Å². The van der Waals surface area contributed by atoms with Gasteiger partial charge in [0.15, 0.2) is 5.96 Å². The third kappa shape index (κ3) is 5.58. The Bertz CT molecular complexity index is 742. The van der Waals surface area contributed by atoms with Crippen LogP contribution < -0.4 is 11.1 Å². The molecular weight excluding hydrogens is 324 g/mol. The summed E-state index contributed by atoms with van der Waals surface area (Å²) in [5.41, 5.74) is 10.6. The van der Waals surface area contributed by atoms with Crippen molar-refractivity contribution in [2.75, 3.05) is 25.0 Å².